The van der Waals surface area contributed by atoms with Crippen molar-refractivity contribution in [1.29, 1.82) is 0 Å². The molecular weight excluding hydrogens is 236 g/mol. The van der Waals surface area contributed by atoms with Gasteiger partial charge in [-0.3, -0.25) is 4.90 Å². The lowest BCUT2D eigenvalue weighted by atomic mass is 10.1. The predicted octanol–water partition coefficient (Wildman–Crippen LogP) is 2.87. The van der Waals surface area contributed by atoms with Crippen molar-refractivity contribution < 1.29 is 13.9 Å². The number of alkyl halides is 2. The highest BCUT2D eigenvalue weighted by atomic mass is 19.3. The van der Waals surface area contributed by atoms with Crippen molar-refractivity contribution in [2.24, 2.45) is 0 Å². The van der Waals surface area contributed by atoms with E-state index in [1.54, 1.807) is 23.1 Å². The number of aliphatic hydroxyl groups excluding tert-OH is 1. The van der Waals surface area contributed by atoms with E-state index in [1.807, 2.05) is 6.92 Å². The molecule has 102 valence electrons. The van der Waals surface area contributed by atoms with Gasteiger partial charge in [-0.15, -0.1) is 0 Å². The van der Waals surface area contributed by atoms with Crippen LogP contribution in [0.4, 0.5) is 8.78 Å². The first-order valence-corrected chi connectivity index (χ1v) is 6.36. The molecule has 0 saturated carbocycles. The number of rotatable bonds is 8. The van der Waals surface area contributed by atoms with Crippen LogP contribution in [0.2, 0.25) is 0 Å². The van der Waals surface area contributed by atoms with Crippen molar-refractivity contribution in [3.8, 4) is 0 Å². The third-order valence-electron chi connectivity index (χ3n) is 2.86. The van der Waals surface area contributed by atoms with E-state index in [0.29, 0.717) is 13.1 Å². The number of hydrogen-bond donors (Lipinski definition) is 1. The van der Waals surface area contributed by atoms with Crippen LogP contribution in [0, 0.1) is 0 Å². The highest BCUT2D eigenvalue weighted by molar-refractivity contribution is 5.20. The average molecular weight is 257 g/mol. The first kappa shape index (κ1) is 15.1. The molecule has 4 heteroatoms. The molecular formula is C14H21F2NO. The van der Waals surface area contributed by atoms with Gasteiger partial charge in [0.05, 0.1) is 13.2 Å². The minimum atomic E-state index is -2.87. The normalized spacial score (nSPS) is 12.1. The molecule has 18 heavy (non-hydrogen) atoms. The quantitative estimate of drug-likeness (QED) is 0.774. The van der Waals surface area contributed by atoms with E-state index < -0.39 is 5.92 Å². The van der Waals surface area contributed by atoms with E-state index in [2.05, 4.69) is 0 Å². The summed E-state index contributed by atoms with van der Waals surface area (Å²) in [5.41, 5.74) is 0.0319. The van der Waals surface area contributed by atoms with E-state index in [1.165, 1.54) is 12.1 Å². The first-order valence-electron chi connectivity index (χ1n) is 6.36. The van der Waals surface area contributed by atoms with Gasteiger partial charge >= 0.3 is 0 Å². The van der Waals surface area contributed by atoms with Crippen LogP contribution in [0.5, 0.6) is 0 Å². The highest BCUT2D eigenvalue weighted by Crippen LogP contribution is 2.28. The monoisotopic (exact) mass is 257 g/mol. The maximum atomic E-state index is 14.0. The van der Waals surface area contributed by atoms with Gasteiger partial charge in [0.15, 0.2) is 0 Å². The summed E-state index contributed by atoms with van der Waals surface area (Å²) in [4.78, 5) is 1.62. The molecule has 1 N–H and O–H groups in total. The van der Waals surface area contributed by atoms with Crippen LogP contribution in [-0.4, -0.2) is 36.2 Å². The largest absolute Gasteiger partial charge is 0.395 e. The van der Waals surface area contributed by atoms with Gasteiger partial charge in [-0.2, -0.15) is 8.78 Å². The number of nitrogens with zero attached hydrogens (tertiary/aromatic N) is 1. The summed E-state index contributed by atoms with van der Waals surface area (Å²) in [7, 11) is 0. The molecule has 0 heterocycles. The molecule has 0 amide bonds. The predicted molar refractivity (Wildman–Crippen MR) is 68.8 cm³/mol. The Kier molecular flexibility index (Phi) is 6.22. The van der Waals surface area contributed by atoms with Crippen LogP contribution in [0.15, 0.2) is 30.3 Å². The zero-order valence-corrected chi connectivity index (χ0v) is 10.8. The number of benzene rings is 1. The molecule has 1 aromatic carbocycles. The van der Waals surface area contributed by atoms with Gasteiger partial charge in [0.25, 0.3) is 5.92 Å². The van der Waals surface area contributed by atoms with E-state index >= 15 is 0 Å². The summed E-state index contributed by atoms with van der Waals surface area (Å²) >= 11 is 0. The Labute approximate surface area is 107 Å². The molecule has 0 aliphatic rings. The van der Waals surface area contributed by atoms with Crippen molar-refractivity contribution >= 4 is 0 Å². The Morgan fingerprint density at radius 3 is 2.39 bits per heavy atom. The molecule has 0 aliphatic heterocycles. The second-order valence-corrected chi connectivity index (χ2v) is 4.42. The molecule has 0 fully saturated rings. The summed E-state index contributed by atoms with van der Waals surface area (Å²) in [6, 6.07) is 7.84. The lowest BCUT2D eigenvalue weighted by Crippen LogP contribution is -2.37. The molecule has 1 rings (SSSR count). The van der Waals surface area contributed by atoms with Crippen LogP contribution in [0.1, 0.15) is 25.3 Å². The van der Waals surface area contributed by atoms with Crippen molar-refractivity contribution in [2.45, 2.75) is 25.7 Å². The molecule has 0 saturated heterocycles. The van der Waals surface area contributed by atoms with Gasteiger partial charge in [0.1, 0.15) is 0 Å². The third kappa shape index (κ3) is 4.70. The minimum absolute atomic E-state index is 0.0319. The van der Waals surface area contributed by atoms with Gasteiger partial charge < -0.3 is 5.11 Å². The zero-order chi connectivity index (χ0) is 13.4. The van der Waals surface area contributed by atoms with E-state index in [9.17, 15) is 8.78 Å². The Hall–Kier alpha value is -1.00. The number of unbranched alkanes of at least 4 members (excludes halogenated alkanes) is 1. The minimum Gasteiger partial charge on any atom is -0.395 e. The summed E-state index contributed by atoms with van der Waals surface area (Å²) < 4.78 is 28.1. The summed E-state index contributed by atoms with van der Waals surface area (Å²) in [6.07, 6.45) is 1.82. The van der Waals surface area contributed by atoms with Gasteiger partial charge in [0, 0.05) is 12.1 Å². The Morgan fingerprint density at radius 1 is 1.17 bits per heavy atom. The summed E-state index contributed by atoms with van der Waals surface area (Å²) in [5, 5.41) is 8.92. The smallest absolute Gasteiger partial charge is 0.285 e. The molecule has 2 nitrogen and oxygen atoms in total. The van der Waals surface area contributed by atoms with E-state index in [4.69, 9.17) is 5.11 Å². The second-order valence-electron chi connectivity index (χ2n) is 4.42. The fraction of sp³-hybridized carbons (Fsp3) is 0.571. The van der Waals surface area contributed by atoms with Crippen LogP contribution in [0.3, 0.4) is 0 Å². The molecule has 0 bridgehead atoms. The lowest BCUT2D eigenvalue weighted by molar-refractivity contribution is -0.0406. The molecule has 0 aromatic heterocycles. The number of halogens is 2. The Morgan fingerprint density at radius 2 is 1.83 bits per heavy atom. The van der Waals surface area contributed by atoms with Crippen molar-refractivity contribution in [3.05, 3.63) is 35.9 Å². The zero-order valence-electron chi connectivity index (χ0n) is 10.8. The molecule has 0 spiro atoms. The van der Waals surface area contributed by atoms with Crippen molar-refractivity contribution in [3.63, 3.8) is 0 Å². The first-order chi connectivity index (χ1) is 8.60. The molecule has 0 unspecified atom stereocenters. The fourth-order valence-electron chi connectivity index (χ4n) is 1.85. The number of aliphatic hydroxyl groups is 1. The number of hydrogen-bond acceptors (Lipinski definition) is 2. The average Bonchev–Trinajstić information content (AvgIpc) is 2.37. The standard InChI is InChI=1S/C14H21F2NO/c1-2-3-9-17(10-11-18)12-14(15,16)13-7-5-4-6-8-13/h4-8,18H,2-3,9-12H2,1H3. The highest BCUT2D eigenvalue weighted by Gasteiger charge is 2.33. The lowest BCUT2D eigenvalue weighted by Gasteiger charge is -2.26. The molecule has 0 atom stereocenters. The molecule has 1 aromatic rings. The van der Waals surface area contributed by atoms with Crippen molar-refractivity contribution in [1.82, 2.24) is 4.90 Å². The summed E-state index contributed by atoms with van der Waals surface area (Å²) in [6.45, 7) is 2.49. The van der Waals surface area contributed by atoms with Crippen LogP contribution in [0.25, 0.3) is 0 Å². The van der Waals surface area contributed by atoms with E-state index in [-0.39, 0.29) is 18.7 Å². The van der Waals surface area contributed by atoms with Crippen LogP contribution in [-0.2, 0) is 5.92 Å². The van der Waals surface area contributed by atoms with Gasteiger partial charge in [0.2, 0.25) is 0 Å². The summed E-state index contributed by atoms with van der Waals surface area (Å²) in [5.74, 6) is -2.87. The third-order valence-corrected chi connectivity index (χ3v) is 2.86. The maximum Gasteiger partial charge on any atom is 0.285 e. The van der Waals surface area contributed by atoms with Gasteiger partial charge in [-0.1, -0.05) is 43.7 Å². The molecule has 0 radical (unpaired) electrons. The van der Waals surface area contributed by atoms with Crippen LogP contribution >= 0.6 is 0 Å². The Bertz CT molecular complexity index is 330. The molecule has 0 aliphatic carbocycles. The van der Waals surface area contributed by atoms with Crippen molar-refractivity contribution in [2.75, 3.05) is 26.2 Å². The van der Waals surface area contributed by atoms with Gasteiger partial charge in [-0.05, 0) is 13.0 Å². The SMILES string of the molecule is CCCCN(CCO)CC(F)(F)c1ccccc1. The Balaban J connectivity index is 2.66. The fourth-order valence-corrected chi connectivity index (χ4v) is 1.85. The topological polar surface area (TPSA) is 23.5 Å². The van der Waals surface area contributed by atoms with Gasteiger partial charge in [-0.25, -0.2) is 0 Å². The second kappa shape index (κ2) is 7.44. The maximum absolute atomic E-state index is 14.0. The van der Waals surface area contributed by atoms with Crippen LogP contribution < -0.4 is 0 Å². The van der Waals surface area contributed by atoms with E-state index in [0.717, 1.165) is 12.8 Å².